The molecular formula is C15H20ClN3O4. The van der Waals surface area contributed by atoms with Crippen LogP contribution < -0.4 is 15.0 Å². The van der Waals surface area contributed by atoms with Gasteiger partial charge in [-0.2, -0.15) is 0 Å². The molecule has 7 nitrogen and oxygen atoms in total. The Hall–Kier alpha value is -2.15. The Morgan fingerprint density at radius 3 is 2.57 bits per heavy atom. The van der Waals surface area contributed by atoms with Crippen molar-refractivity contribution in [3.63, 3.8) is 0 Å². The molecule has 1 aromatic carbocycles. The smallest absolute Gasteiger partial charge is 0.410 e. The lowest BCUT2D eigenvalue weighted by molar-refractivity contribution is -0.123. The van der Waals surface area contributed by atoms with Gasteiger partial charge in [-0.25, -0.2) is 4.79 Å². The molecule has 0 aromatic heterocycles. The van der Waals surface area contributed by atoms with Crippen LogP contribution in [0.1, 0.15) is 0 Å². The number of nitrogens with zero attached hydrogens (tertiary/aromatic N) is 2. The highest BCUT2D eigenvalue weighted by atomic mass is 35.5. The summed E-state index contributed by atoms with van der Waals surface area (Å²) in [6.45, 7) is 2.00. The molecule has 0 saturated carbocycles. The highest BCUT2D eigenvalue weighted by molar-refractivity contribution is 6.30. The van der Waals surface area contributed by atoms with Crippen molar-refractivity contribution >= 4 is 29.3 Å². The molecule has 0 spiro atoms. The Kier molecular flexibility index (Phi) is 5.92. The van der Waals surface area contributed by atoms with Crippen molar-refractivity contribution in [1.82, 2.24) is 10.2 Å². The number of likely N-dealkylation sites (N-methyl/N-ethyl adjacent to an activating group) is 1. The molecule has 1 aliphatic rings. The minimum Gasteiger partial charge on any atom is -0.495 e. The van der Waals surface area contributed by atoms with Crippen LogP contribution in [0.4, 0.5) is 10.5 Å². The van der Waals surface area contributed by atoms with Gasteiger partial charge in [-0.1, -0.05) is 11.6 Å². The van der Waals surface area contributed by atoms with Crippen LogP contribution in [0.25, 0.3) is 0 Å². The fourth-order valence-electron chi connectivity index (χ4n) is 2.33. The molecule has 1 N–H and O–H groups in total. The number of hydrogen-bond donors (Lipinski definition) is 1. The molecule has 1 saturated heterocycles. The predicted molar refractivity (Wildman–Crippen MR) is 87.2 cm³/mol. The molecule has 0 atom stereocenters. The highest BCUT2D eigenvalue weighted by Gasteiger charge is 2.24. The standard InChI is InChI=1S/C15H20ClN3O4/c1-17-14(20)10-23-15(21)19-7-5-18(6-8-19)12-9-11(16)3-4-13(12)22-2/h3-4,9H,5-8,10H2,1-2H3,(H,17,20). The van der Waals surface area contributed by atoms with Crippen molar-refractivity contribution in [3.8, 4) is 5.75 Å². The summed E-state index contributed by atoms with van der Waals surface area (Å²) in [4.78, 5) is 26.7. The lowest BCUT2D eigenvalue weighted by Crippen LogP contribution is -2.49. The molecule has 126 valence electrons. The predicted octanol–water partition coefficient (Wildman–Crippen LogP) is 1.35. The van der Waals surface area contributed by atoms with Gasteiger partial charge in [0, 0.05) is 38.2 Å². The molecule has 8 heteroatoms. The Balaban J connectivity index is 1.92. The van der Waals surface area contributed by atoms with Gasteiger partial charge in [0.1, 0.15) is 5.75 Å². The molecule has 1 fully saturated rings. The number of benzene rings is 1. The third-order valence-corrected chi connectivity index (χ3v) is 3.86. The van der Waals surface area contributed by atoms with Crippen LogP contribution >= 0.6 is 11.6 Å². The number of anilines is 1. The number of piperazine rings is 1. The van der Waals surface area contributed by atoms with Crippen LogP contribution in [-0.4, -0.2) is 63.8 Å². The Morgan fingerprint density at radius 1 is 1.26 bits per heavy atom. The first-order valence-corrected chi connectivity index (χ1v) is 7.63. The maximum atomic E-state index is 11.9. The van der Waals surface area contributed by atoms with Crippen molar-refractivity contribution in [3.05, 3.63) is 23.2 Å². The summed E-state index contributed by atoms with van der Waals surface area (Å²) in [5.74, 6) is 0.408. The van der Waals surface area contributed by atoms with E-state index in [0.717, 1.165) is 11.4 Å². The summed E-state index contributed by atoms with van der Waals surface area (Å²) in [6, 6.07) is 5.44. The van der Waals surface area contributed by atoms with Crippen molar-refractivity contribution in [1.29, 1.82) is 0 Å². The van der Waals surface area contributed by atoms with E-state index in [9.17, 15) is 9.59 Å². The van der Waals surface area contributed by atoms with Gasteiger partial charge in [-0.05, 0) is 18.2 Å². The zero-order valence-corrected chi connectivity index (χ0v) is 13.9. The average Bonchev–Trinajstić information content (AvgIpc) is 2.59. The van der Waals surface area contributed by atoms with Crippen LogP contribution in [0.15, 0.2) is 18.2 Å². The van der Waals surface area contributed by atoms with E-state index in [2.05, 4.69) is 10.2 Å². The van der Waals surface area contributed by atoms with Gasteiger partial charge in [0.05, 0.1) is 12.8 Å². The lowest BCUT2D eigenvalue weighted by Gasteiger charge is -2.36. The number of halogens is 1. The summed E-state index contributed by atoms with van der Waals surface area (Å²) in [7, 11) is 3.10. The van der Waals surface area contributed by atoms with Gasteiger partial charge in [-0.3, -0.25) is 4.79 Å². The van der Waals surface area contributed by atoms with Gasteiger partial charge < -0.3 is 24.6 Å². The normalized spacial score (nSPS) is 14.4. The second kappa shape index (κ2) is 7.92. The summed E-state index contributed by atoms with van der Waals surface area (Å²) in [5.41, 5.74) is 0.901. The van der Waals surface area contributed by atoms with Gasteiger partial charge >= 0.3 is 6.09 Å². The molecular weight excluding hydrogens is 322 g/mol. The third kappa shape index (κ3) is 4.41. The quantitative estimate of drug-likeness (QED) is 0.895. The molecule has 0 unspecified atom stereocenters. The van der Waals surface area contributed by atoms with Crippen molar-refractivity contribution in [2.75, 3.05) is 51.8 Å². The molecule has 23 heavy (non-hydrogen) atoms. The monoisotopic (exact) mass is 341 g/mol. The van der Waals surface area contributed by atoms with E-state index < -0.39 is 6.09 Å². The maximum Gasteiger partial charge on any atom is 0.410 e. The maximum absolute atomic E-state index is 11.9. The second-order valence-corrected chi connectivity index (χ2v) is 5.45. The van der Waals surface area contributed by atoms with Gasteiger partial charge in [0.2, 0.25) is 0 Å². The van der Waals surface area contributed by atoms with E-state index in [1.165, 1.54) is 7.05 Å². The first-order valence-electron chi connectivity index (χ1n) is 7.26. The van der Waals surface area contributed by atoms with Gasteiger partial charge in [0.15, 0.2) is 6.61 Å². The Morgan fingerprint density at radius 2 is 1.96 bits per heavy atom. The number of carbonyl (C=O) groups is 2. The first kappa shape index (κ1) is 17.2. The molecule has 2 rings (SSSR count). The Bertz CT molecular complexity index is 574. The molecule has 0 bridgehead atoms. The number of rotatable bonds is 4. The van der Waals surface area contributed by atoms with Gasteiger partial charge in [-0.15, -0.1) is 0 Å². The molecule has 1 heterocycles. The number of amides is 2. The first-order chi connectivity index (χ1) is 11.0. The van der Waals surface area contributed by atoms with Gasteiger partial charge in [0.25, 0.3) is 5.91 Å². The van der Waals surface area contributed by atoms with Crippen molar-refractivity contribution in [2.45, 2.75) is 0 Å². The van der Waals surface area contributed by atoms with Crippen LogP contribution in [0, 0.1) is 0 Å². The van der Waals surface area contributed by atoms with Crippen LogP contribution in [0.5, 0.6) is 5.75 Å². The lowest BCUT2D eigenvalue weighted by atomic mass is 10.2. The molecule has 0 aliphatic carbocycles. The van der Waals surface area contributed by atoms with Crippen LogP contribution in [0.3, 0.4) is 0 Å². The number of hydrogen-bond acceptors (Lipinski definition) is 5. The number of carbonyl (C=O) groups excluding carboxylic acids is 2. The zero-order valence-electron chi connectivity index (χ0n) is 13.2. The average molecular weight is 342 g/mol. The summed E-state index contributed by atoms with van der Waals surface area (Å²) in [5, 5.41) is 3.03. The van der Waals surface area contributed by atoms with E-state index >= 15 is 0 Å². The second-order valence-electron chi connectivity index (χ2n) is 5.02. The summed E-state index contributed by atoms with van der Waals surface area (Å²) < 4.78 is 10.3. The van der Waals surface area contributed by atoms with E-state index in [4.69, 9.17) is 21.1 Å². The van der Waals surface area contributed by atoms with E-state index in [1.54, 1.807) is 18.1 Å². The fourth-order valence-corrected chi connectivity index (χ4v) is 2.50. The minimum atomic E-state index is -0.480. The van der Waals surface area contributed by atoms with Crippen molar-refractivity contribution in [2.24, 2.45) is 0 Å². The van der Waals surface area contributed by atoms with E-state index in [1.807, 2.05) is 12.1 Å². The Labute approximate surface area is 140 Å². The molecule has 0 radical (unpaired) electrons. The number of methoxy groups -OCH3 is 1. The molecule has 1 aromatic rings. The minimum absolute atomic E-state index is 0.266. The largest absolute Gasteiger partial charge is 0.495 e. The fraction of sp³-hybridized carbons (Fsp3) is 0.467. The number of ether oxygens (including phenoxy) is 2. The summed E-state index contributed by atoms with van der Waals surface area (Å²) >= 11 is 6.05. The summed E-state index contributed by atoms with van der Waals surface area (Å²) in [6.07, 6.45) is -0.480. The van der Waals surface area contributed by atoms with Crippen molar-refractivity contribution < 1.29 is 19.1 Å². The zero-order chi connectivity index (χ0) is 16.8. The molecule has 2 amide bonds. The SMILES string of the molecule is CNC(=O)COC(=O)N1CCN(c2cc(Cl)ccc2OC)CC1. The number of nitrogens with one attached hydrogen (secondary N) is 1. The molecule has 1 aliphatic heterocycles. The van der Waals surface area contributed by atoms with Crippen LogP contribution in [-0.2, 0) is 9.53 Å². The highest BCUT2D eigenvalue weighted by Crippen LogP contribution is 2.31. The van der Waals surface area contributed by atoms with E-state index in [-0.39, 0.29) is 12.5 Å². The third-order valence-electron chi connectivity index (χ3n) is 3.63. The van der Waals surface area contributed by atoms with Crippen LogP contribution in [0.2, 0.25) is 5.02 Å². The topological polar surface area (TPSA) is 71.1 Å². The van der Waals surface area contributed by atoms with E-state index in [0.29, 0.717) is 31.2 Å².